The van der Waals surface area contributed by atoms with Crippen LogP contribution in [0.3, 0.4) is 0 Å². The molecular weight excluding hydrogens is 440 g/mol. The van der Waals surface area contributed by atoms with Crippen LogP contribution in [-0.4, -0.2) is 41.3 Å². The van der Waals surface area contributed by atoms with Crippen molar-refractivity contribution in [3.05, 3.63) is 36.3 Å². The highest BCUT2D eigenvalue weighted by molar-refractivity contribution is 5.93. The molecule has 8 nitrogen and oxygen atoms in total. The fourth-order valence-electron chi connectivity index (χ4n) is 8.86. The molecule has 3 saturated heterocycles. The maximum atomic E-state index is 14.2. The molecule has 0 bridgehead atoms. The third kappa shape index (κ3) is 1.97. The zero-order valence-corrected chi connectivity index (χ0v) is 19.7. The minimum Gasteiger partial charge on any atom is -0.472 e. The molecule has 2 spiro atoms. The molecule has 4 aliphatic heterocycles. The van der Waals surface area contributed by atoms with Gasteiger partial charge in [0, 0.05) is 29.4 Å². The van der Waals surface area contributed by atoms with Gasteiger partial charge in [-0.05, 0) is 45.6 Å². The summed E-state index contributed by atoms with van der Waals surface area (Å²) in [5, 5.41) is 0. The van der Waals surface area contributed by atoms with Crippen molar-refractivity contribution in [2.24, 2.45) is 28.1 Å². The fraction of sp³-hybridized carbons (Fsp3) is 0.654. The Morgan fingerprint density at radius 1 is 0.971 bits per heavy atom. The van der Waals surface area contributed by atoms with E-state index in [1.165, 1.54) is 6.08 Å². The van der Waals surface area contributed by atoms with Crippen LogP contribution in [0.1, 0.15) is 58.6 Å². The molecule has 1 aromatic heterocycles. The Kier molecular flexibility index (Phi) is 3.59. The lowest BCUT2D eigenvalue weighted by Gasteiger charge is -2.64. The largest absolute Gasteiger partial charge is 0.472 e. The molecule has 0 N–H and O–H groups in total. The topological polar surface area (TPSA) is 105 Å². The van der Waals surface area contributed by atoms with Crippen LogP contribution in [0.2, 0.25) is 0 Å². The van der Waals surface area contributed by atoms with E-state index in [0.29, 0.717) is 12.8 Å². The van der Waals surface area contributed by atoms with Gasteiger partial charge in [0.05, 0.1) is 29.0 Å². The maximum absolute atomic E-state index is 14.2. The van der Waals surface area contributed by atoms with Crippen molar-refractivity contribution in [3.63, 3.8) is 0 Å². The van der Waals surface area contributed by atoms with Crippen LogP contribution in [0.25, 0.3) is 0 Å². The average molecular weight is 469 g/mol. The smallest absolute Gasteiger partial charge is 0.339 e. The average Bonchev–Trinajstić information content (AvgIpc) is 3.26. The number of epoxide rings is 1. The molecule has 1 aromatic rings. The Morgan fingerprint density at radius 3 is 2.50 bits per heavy atom. The number of carbonyl (C=O) groups excluding carboxylic acids is 3. The molecule has 0 amide bonds. The van der Waals surface area contributed by atoms with E-state index in [0.717, 1.165) is 5.56 Å². The summed E-state index contributed by atoms with van der Waals surface area (Å²) in [6.07, 6.45) is 6.02. The minimum atomic E-state index is -1.01. The molecule has 9 atom stereocenters. The van der Waals surface area contributed by atoms with E-state index in [-0.39, 0.29) is 24.0 Å². The number of carbonyl (C=O) groups is 3. The molecule has 7 rings (SSSR count). The predicted molar refractivity (Wildman–Crippen MR) is 114 cm³/mol. The van der Waals surface area contributed by atoms with Crippen LogP contribution in [0.4, 0.5) is 0 Å². The van der Waals surface area contributed by atoms with Crippen molar-refractivity contribution in [1.29, 1.82) is 0 Å². The molecule has 2 saturated carbocycles. The minimum absolute atomic E-state index is 0.0739. The van der Waals surface area contributed by atoms with Crippen LogP contribution in [0, 0.1) is 28.1 Å². The molecule has 8 heteroatoms. The second-order valence-corrected chi connectivity index (χ2v) is 11.8. The van der Waals surface area contributed by atoms with E-state index in [4.69, 9.17) is 23.4 Å². The second-order valence-electron chi connectivity index (χ2n) is 11.8. The number of Topliss-reactive ketones (excluding diaryl/α,β-unsaturated/α-hetero) is 1. The summed E-state index contributed by atoms with van der Waals surface area (Å²) in [4.78, 5) is 39.5. The van der Waals surface area contributed by atoms with Gasteiger partial charge in [-0.15, -0.1) is 0 Å². The lowest BCUT2D eigenvalue weighted by atomic mass is 9.37. The monoisotopic (exact) mass is 468 g/mol. The molecule has 180 valence electrons. The van der Waals surface area contributed by atoms with Crippen molar-refractivity contribution in [2.45, 2.75) is 76.7 Å². The molecular formula is C26H28O8. The van der Waals surface area contributed by atoms with Gasteiger partial charge in [0.2, 0.25) is 6.29 Å². The first-order valence-electron chi connectivity index (χ1n) is 12.0. The van der Waals surface area contributed by atoms with E-state index < -0.39 is 57.9 Å². The maximum Gasteiger partial charge on any atom is 0.339 e. The lowest BCUT2D eigenvalue weighted by Crippen LogP contribution is -2.71. The molecule has 0 aromatic carbocycles. The van der Waals surface area contributed by atoms with Crippen LogP contribution in [0.5, 0.6) is 0 Å². The zero-order valence-electron chi connectivity index (χ0n) is 19.7. The van der Waals surface area contributed by atoms with Gasteiger partial charge in [0.25, 0.3) is 0 Å². The first kappa shape index (κ1) is 20.9. The molecule has 2 unspecified atom stereocenters. The van der Waals surface area contributed by atoms with Gasteiger partial charge >= 0.3 is 11.9 Å². The number of furan rings is 1. The summed E-state index contributed by atoms with van der Waals surface area (Å²) in [6, 6.07) is 1.80. The van der Waals surface area contributed by atoms with Gasteiger partial charge in [-0.25, -0.2) is 9.59 Å². The van der Waals surface area contributed by atoms with Gasteiger partial charge in [-0.2, -0.15) is 0 Å². The SMILES string of the molecule is CC1(C)O[C@@H]2OC(=O)C=C[C@@]23[C@H]2CC[C@@]4(C)C(c5ccoc5)OC(=O)C5O[C@]54[C@]2(C)C(=O)C[C@@H]13. The standard InChI is InChI=1S/C26H28O8/c1-22(2)15-11-16(27)24(4)14(25(15)9-6-17(28)31-21(25)34-22)5-8-23(3)18(13-7-10-30-12-13)32-20(29)19-26(23,24)33-19/h6-7,9-10,12,14-15,18-19,21H,5,8,11H2,1-4H3/t14-,15-,18?,19?,21-,23-,24-,25-,26+/m0/s1. The normalized spacial score (nSPS) is 51.9. The summed E-state index contributed by atoms with van der Waals surface area (Å²) >= 11 is 0. The number of esters is 2. The Balaban J connectivity index is 1.43. The Morgan fingerprint density at radius 2 is 1.76 bits per heavy atom. The summed E-state index contributed by atoms with van der Waals surface area (Å²) in [5.41, 5.74) is -3.18. The van der Waals surface area contributed by atoms with E-state index in [1.807, 2.05) is 26.8 Å². The quantitative estimate of drug-likeness (QED) is 0.457. The number of ether oxygens (including phenoxy) is 4. The third-order valence-corrected chi connectivity index (χ3v) is 10.3. The molecule has 6 aliphatic rings. The first-order chi connectivity index (χ1) is 16.0. The summed E-state index contributed by atoms with van der Waals surface area (Å²) in [7, 11) is 0. The number of ketones is 1. The number of fused-ring (bicyclic) bond motifs is 1. The van der Waals surface area contributed by atoms with E-state index in [1.54, 1.807) is 18.6 Å². The molecule has 34 heavy (non-hydrogen) atoms. The van der Waals surface area contributed by atoms with Crippen LogP contribution < -0.4 is 0 Å². The van der Waals surface area contributed by atoms with Gasteiger partial charge in [-0.1, -0.05) is 13.0 Å². The van der Waals surface area contributed by atoms with Crippen LogP contribution in [0.15, 0.2) is 35.2 Å². The highest BCUT2D eigenvalue weighted by atomic mass is 16.7. The van der Waals surface area contributed by atoms with Crippen LogP contribution >= 0.6 is 0 Å². The van der Waals surface area contributed by atoms with E-state index >= 15 is 0 Å². The van der Waals surface area contributed by atoms with Gasteiger partial charge in [0.15, 0.2) is 6.10 Å². The zero-order chi connectivity index (χ0) is 23.9. The van der Waals surface area contributed by atoms with E-state index in [9.17, 15) is 14.4 Å². The Labute approximate surface area is 196 Å². The lowest BCUT2D eigenvalue weighted by molar-refractivity contribution is -0.229. The van der Waals surface area contributed by atoms with Crippen molar-refractivity contribution in [3.8, 4) is 0 Å². The van der Waals surface area contributed by atoms with Gasteiger partial charge in [0.1, 0.15) is 17.5 Å². The fourth-order valence-corrected chi connectivity index (χ4v) is 8.86. The van der Waals surface area contributed by atoms with Crippen LogP contribution in [-0.2, 0) is 33.3 Å². The number of cyclic esters (lactones) is 1. The second kappa shape index (κ2) is 5.85. The van der Waals surface area contributed by atoms with Gasteiger partial charge < -0.3 is 23.4 Å². The molecule has 2 aliphatic carbocycles. The Hall–Kier alpha value is -2.45. The Bertz CT molecular complexity index is 1170. The number of hydrogen-bond donors (Lipinski definition) is 0. The third-order valence-electron chi connectivity index (χ3n) is 10.3. The van der Waals surface area contributed by atoms with Crippen molar-refractivity contribution in [2.75, 3.05) is 0 Å². The summed E-state index contributed by atoms with van der Waals surface area (Å²) < 4.78 is 29.6. The molecule has 5 heterocycles. The van der Waals surface area contributed by atoms with E-state index in [2.05, 4.69) is 6.92 Å². The highest BCUT2D eigenvalue weighted by Gasteiger charge is 2.89. The van der Waals surface area contributed by atoms with Crippen molar-refractivity contribution in [1.82, 2.24) is 0 Å². The molecule has 0 radical (unpaired) electrons. The predicted octanol–water partition coefficient (Wildman–Crippen LogP) is 3.26. The summed E-state index contributed by atoms with van der Waals surface area (Å²) in [6.45, 7) is 7.95. The first-order valence-corrected chi connectivity index (χ1v) is 12.0. The molecule has 5 fully saturated rings. The highest BCUT2D eigenvalue weighted by Crippen LogP contribution is 2.79. The van der Waals surface area contributed by atoms with Gasteiger partial charge in [-0.3, -0.25) is 4.79 Å². The van der Waals surface area contributed by atoms with Crippen molar-refractivity contribution >= 4 is 17.7 Å². The summed E-state index contributed by atoms with van der Waals surface area (Å²) in [5.74, 6) is -1.19. The number of hydrogen-bond acceptors (Lipinski definition) is 8. The number of rotatable bonds is 1. The van der Waals surface area contributed by atoms with Crippen molar-refractivity contribution < 1.29 is 37.7 Å².